The Hall–Kier alpha value is -2.97. The molecular formula is C15H17N5O4. The number of nitrogen functional groups attached to an aromatic ring is 1. The van der Waals surface area contributed by atoms with E-state index in [2.05, 4.69) is 15.0 Å². The van der Waals surface area contributed by atoms with Gasteiger partial charge in [-0.05, 0) is 12.0 Å². The van der Waals surface area contributed by atoms with Crippen LogP contribution in [0.1, 0.15) is 20.3 Å². The Morgan fingerprint density at radius 3 is 2.88 bits per heavy atom. The van der Waals surface area contributed by atoms with Crippen molar-refractivity contribution in [1.29, 1.82) is 0 Å². The van der Waals surface area contributed by atoms with Crippen LogP contribution in [0.5, 0.6) is 0 Å². The molecule has 24 heavy (non-hydrogen) atoms. The van der Waals surface area contributed by atoms with Gasteiger partial charge in [-0.3, -0.25) is 14.2 Å². The summed E-state index contributed by atoms with van der Waals surface area (Å²) in [6.45, 7) is 2.68. The fraction of sp³-hybridized carbons (Fsp3) is 0.400. The van der Waals surface area contributed by atoms with Gasteiger partial charge in [0.2, 0.25) is 0 Å². The largest absolute Gasteiger partial charge is 0.462 e. The molecule has 0 spiro atoms. The van der Waals surface area contributed by atoms with E-state index in [-0.39, 0.29) is 12.5 Å². The van der Waals surface area contributed by atoms with Gasteiger partial charge in [-0.15, -0.1) is 0 Å². The van der Waals surface area contributed by atoms with Gasteiger partial charge < -0.3 is 15.2 Å². The zero-order valence-electron chi connectivity index (χ0n) is 13.3. The van der Waals surface area contributed by atoms with Crippen LogP contribution in [0, 0.1) is 5.92 Å². The maximum atomic E-state index is 11.2. The molecule has 0 aliphatic heterocycles. The van der Waals surface area contributed by atoms with E-state index in [1.165, 1.54) is 20.2 Å². The van der Waals surface area contributed by atoms with E-state index >= 15 is 0 Å². The zero-order valence-corrected chi connectivity index (χ0v) is 13.3. The summed E-state index contributed by atoms with van der Waals surface area (Å²) in [5, 5.41) is 0. The first-order valence-electron chi connectivity index (χ1n) is 7.40. The van der Waals surface area contributed by atoms with Crippen molar-refractivity contribution in [2.75, 3.05) is 12.3 Å². The Bertz CT molecular complexity index is 828. The number of aromatic nitrogens is 4. The normalized spacial score (nSPS) is 19.2. The minimum Gasteiger partial charge on any atom is -0.462 e. The van der Waals surface area contributed by atoms with Crippen LogP contribution in [-0.2, 0) is 19.1 Å². The fourth-order valence-electron chi connectivity index (χ4n) is 2.50. The molecule has 1 aliphatic carbocycles. The number of imidazole rings is 1. The average Bonchev–Trinajstić information content (AvgIpc) is 3.15. The first kappa shape index (κ1) is 15.9. The number of hydrogen-bond donors (Lipinski definition) is 1. The summed E-state index contributed by atoms with van der Waals surface area (Å²) in [6, 6.07) is 0. The van der Waals surface area contributed by atoms with Crippen molar-refractivity contribution in [2.45, 2.75) is 26.4 Å². The van der Waals surface area contributed by atoms with Gasteiger partial charge in [0.15, 0.2) is 17.0 Å². The molecule has 0 radical (unpaired) electrons. The van der Waals surface area contributed by atoms with Crippen LogP contribution in [0.25, 0.3) is 17.4 Å². The van der Waals surface area contributed by atoms with Gasteiger partial charge in [0.05, 0.1) is 0 Å². The highest BCUT2D eigenvalue weighted by atomic mass is 16.6. The second-order valence-electron chi connectivity index (χ2n) is 5.55. The third kappa shape index (κ3) is 3.34. The molecule has 9 nitrogen and oxygen atoms in total. The third-order valence-corrected chi connectivity index (χ3v) is 3.68. The van der Waals surface area contributed by atoms with Crippen LogP contribution in [0.3, 0.4) is 0 Å². The second kappa shape index (κ2) is 6.26. The van der Waals surface area contributed by atoms with Crippen LogP contribution in [-0.4, -0.2) is 44.2 Å². The van der Waals surface area contributed by atoms with E-state index in [9.17, 15) is 9.59 Å². The van der Waals surface area contributed by atoms with Crippen LogP contribution < -0.4 is 5.73 Å². The summed E-state index contributed by atoms with van der Waals surface area (Å²) in [7, 11) is 0. The Morgan fingerprint density at radius 1 is 1.38 bits per heavy atom. The minimum absolute atomic E-state index is 0.00452. The molecular weight excluding hydrogens is 314 g/mol. The van der Waals surface area contributed by atoms with E-state index in [1.54, 1.807) is 10.9 Å². The van der Waals surface area contributed by atoms with Crippen LogP contribution in [0.15, 0.2) is 18.2 Å². The number of nitrogens with two attached hydrogens (primary N) is 1. The van der Waals surface area contributed by atoms with Gasteiger partial charge in [-0.1, -0.05) is 0 Å². The standard InChI is InChI=1S/C15H17N5O4/c1-8(21)23-5-12(24-9(2)22)11-3-10(11)4-20-7-19-13-14(16)17-6-18-15(13)20/h4,6-7,11-12H,3,5H2,1-2H3,(H2,16,17,18)/b10-4+/t11-,12-/m1/s1. The highest BCUT2D eigenvalue weighted by Gasteiger charge is 2.40. The summed E-state index contributed by atoms with van der Waals surface area (Å²) in [5.41, 5.74) is 7.94. The van der Waals surface area contributed by atoms with E-state index < -0.39 is 18.0 Å². The Labute approximate surface area is 137 Å². The van der Waals surface area contributed by atoms with Gasteiger partial charge in [0.25, 0.3) is 0 Å². The minimum atomic E-state index is -0.493. The van der Waals surface area contributed by atoms with Gasteiger partial charge in [0.1, 0.15) is 25.4 Å². The maximum absolute atomic E-state index is 11.2. The van der Waals surface area contributed by atoms with E-state index in [4.69, 9.17) is 15.2 Å². The molecule has 2 N–H and O–H groups in total. The molecule has 2 aromatic heterocycles. The lowest BCUT2D eigenvalue weighted by molar-refractivity contribution is -0.157. The highest BCUT2D eigenvalue weighted by molar-refractivity contribution is 5.82. The fourth-order valence-corrected chi connectivity index (χ4v) is 2.50. The van der Waals surface area contributed by atoms with Crippen molar-refractivity contribution >= 4 is 35.1 Å². The van der Waals surface area contributed by atoms with E-state index in [0.29, 0.717) is 17.0 Å². The van der Waals surface area contributed by atoms with Crippen molar-refractivity contribution < 1.29 is 19.1 Å². The van der Waals surface area contributed by atoms with Crippen LogP contribution in [0.2, 0.25) is 0 Å². The van der Waals surface area contributed by atoms with Gasteiger partial charge in [-0.2, -0.15) is 0 Å². The molecule has 2 aromatic rings. The first-order chi connectivity index (χ1) is 11.5. The molecule has 1 saturated carbocycles. The second-order valence-corrected chi connectivity index (χ2v) is 5.55. The van der Waals surface area contributed by atoms with Crippen molar-refractivity contribution in [3.63, 3.8) is 0 Å². The molecule has 0 aromatic carbocycles. The summed E-state index contributed by atoms with van der Waals surface area (Å²) in [6.07, 6.45) is 5.09. The summed E-state index contributed by atoms with van der Waals surface area (Å²) in [5.74, 6) is -0.500. The molecule has 2 atom stereocenters. The number of carbonyl (C=O) groups is 2. The quantitative estimate of drug-likeness (QED) is 0.797. The first-order valence-corrected chi connectivity index (χ1v) is 7.40. The predicted molar refractivity (Wildman–Crippen MR) is 84.3 cm³/mol. The Morgan fingerprint density at radius 2 is 2.17 bits per heavy atom. The molecule has 0 amide bonds. The predicted octanol–water partition coefficient (Wildman–Crippen LogP) is 0.764. The van der Waals surface area contributed by atoms with Crippen molar-refractivity contribution in [2.24, 2.45) is 5.92 Å². The van der Waals surface area contributed by atoms with E-state index in [1.807, 2.05) is 6.20 Å². The molecule has 1 aliphatic rings. The average molecular weight is 331 g/mol. The monoisotopic (exact) mass is 331 g/mol. The Kier molecular flexibility index (Phi) is 4.15. The number of carbonyl (C=O) groups excluding carboxylic acids is 2. The maximum Gasteiger partial charge on any atom is 0.303 e. The number of fused-ring (bicyclic) bond motifs is 1. The number of hydrogen-bond acceptors (Lipinski definition) is 8. The number of anilines is 1. The lowest BCUT2D eigenvalue weighted by Crippen LogP contribution is -2.25. The highest BCUT2D eigenvalue weighted by Crippen LogP contribution is 2.42. The number of nitrogens with zero attached hydrogens (tertiary/aromatic N) is 4. The van der Waals surface area contributed by atoms with Gasteiger partial charge in [0, 0.05) is 26.0 Å². The third-order valence-electron chi connectivity index (χ3n) is 3.68. The molecule has 1 fully saturated rings. The lowest BCUT2D eigenvalue weighted by Gasteiger charge is -2.15. The van der Waals surface area contributed by atoms with Crippen molar-refractivity contribution in [3.8, 4) is 0 Å². The van der Waals surface area contributed by atoms with Crippen molar-refractivity contribution in [1.82, 2.24) is 19.5 Å². The van der Waals surface area contributed by atoms with E-state index in [0.717, 1.165) is 12.0 Å². The number of rotatable bonds is 5. The lowest BCUT2D eigenvalue weighted by atomic mass is 10.2. The molecule has 0 bridgehead atoms. The summed E-state index contributed by atoms with van der Waals surface area (Å²) >= 11 is 0. The summed E-state index contributed by atoms with van der Waals surface area (Å²) < 4.78 is 12.0. The number of ether oxygens (including phenoxy) is 2. The molecule has 0 saturated heterocycles. The van der Waals surface area contributed by atoms with Gasteiger partial charge >= 0.3 is 11.9 Å². The molecule has 9 heteroatoms. The Balaban J connectivity index is 1.78. The topological polar surface area (TPSA) is 122 Å². The summed E-state index contributed by atoms with van der Waals surface area (Å²) in [4.78, 5) is 34.5. The van der Waals surface area contributed by atoms with Gasteiger partial charge in [-0.25, -0.2) is 15.0 Å². The van der Waals surface area contributed by atoms with Crippen LogP contribution in [0.4, 0.5) is 5.82 Å². The zero-order chi connectivity index (χ0) is 17.3. The SMILES string of the molecule is CC(=O)OC[C@@H](OC(C)=O)[C@@H]1C/C1=C\n1cnc2c(N)ncnc21. The van der Waals surface area contributed by atoms with Crippen molar-refractivity contribution in [3.05, 3.63) is 18.2 Å². The molecule has 3 rings (SSSR count). The smallest absolute Gasteiger partial charge is 0.303 e. The van der Waals surface area contributed by atoms with Crippen LogP contribution >= 0.6 is 0 Å². The molecule has 126 valence electrons. The molecule has 0 unspecified atom stereocenters. The molecule has 2 heterocycles. The number of esters is 2.